The number of aromatic nitrogens is 6. The summed E-state index contributed by atoms with van der Waals surface area (Å²) in [5.74, 6) is 0.255. The van der Waals surface area contributed by atoms with Gasteiger partial charge in [-0.2, -0.15) is 18.4 Å². The van der Waals surface area contributed by atoms with Gasteiger partial charge < -0.3 is 14.9 Å². The second-order valence-electron chi connectivity index (χ2n) is 7.03. The van der Waals surface area contributed by atoms with Crippen molar-refractivity contribution in [3.05, 3.63) is 60.3 Å². The van der Waals surface area contributed by atoms with E-state index in [0.717, 1.165) is 23.3 Å². The molecule has 5 rings (SSSR count). The Morgan fingerprint density at radius 3 is 2.62 bits per heavy atom. The molecule has 0 saturated carbocycles. The molecule has 0 aliphatic rings. The van der Waals surface area contributed by atoms with Gasteiger partial charge in [-0.1, -0.05) is 0 Å². The maximum atomic E-state index is 13.2. The number of fused-ring (bicyclic) bond motifs is 2. The molecule has 0 aromatic carbocycles. The first kappa shape index (κ1) is 19.5. The summed E-state index contributed by atoms with van der Waals surface area (Å²) in [4.78, 5) is 24.5. The number of halogens is 3. The summed E-state index contributed by atoms with van der Waals surface area (Å²) in [7, 11) is 1.74. The zero-order valence-corrected chi connectivity index (χ0v) is 16.4. The van der Waals surface area contributed by atoms with Gasteiger partial charge in [0, 0.05) is 42.0 Å². The molecule has 11 heteroatoms. The predicted octanol–water partition coefficient (Wildman–Crippen LogP) is 4.55. The number of hydrogen-bond acceptors (Lipinski definition) is 6. The third-order valence-electron chi connectivity index (χ3n) is 5.08. The van der Waals surface area contributed by atoms with Crippen LogP contribution in [0.2, 0.25) is 0 Å². The number of anilines is 2. The van der Waals surface area contributed by atoms with Crippen LogP contribution in [0.3, 0.4) is 0 Å². The third kappa shape index (κ3) is 3.18. The Bertz CT molecular complexity index is 1510. The monoisotopic (exact) mass is 434 g/mol. The molecular weight excluding hydrogens is 421 g/mol. The van der Waals surface area contributed by atoms with Crippen LogP contribution in [0.4, 0.5) is 24.8 Å². The Balaban J connectivity index is 1.63. The van der Waals surface area contributed by atoms with Gasteiger partial charge in [0.1, 0.15) is 17.4 Å². The molecule has 0 amide bonds. The van der Waals surface area contributed by atoms with Crippen LogP contribution in [-0.2, 0) is 6.18 Å². The van der Waals surface area contributed by atoms with Crippen molar-refractivity contribution in [2.45, 2.75) is 6.18 Å². The molecule has 0 atom stereocenters. The van der Waals surface area contributed by atoms with Crippen LogP contribution in [0, 0.1) is 11.3 Å². The van der Waals surface area contributed by atoms with Crippen LogP contribution in [0.25, 0.3) is 33.3 Å². The summed E-state index contributed by atoms with van der Waals surface area (Å²) in [6.45, 7) is 0. The predicted molar refractivity (Wildman–Crippen MR) is 111 cm³/mol. The Labute approximate surface area is 178 Å². The van der Waals surface area contributed by atoms with Gasteiger partial charge in [0.25, 0.3) is 0 Å². The first-order chi connectivity index (χ1) is 15.3. The van der Waals surface area contributed by atoms with Crippen LogP contribution < -0.4 is 4.90 Å². The molecule has 0 bridgehead atoms. The van der Waals surface area contributed by atoms with E-state index in [-0.39, 0.29) is 28.2 Å². The summed E-state index contributed by atoms with van der Waals surface area (Å²) in [5.41, 5.74) is 1.45. The quantitative estimate of drug-likeness (QED) is 0.431. The van der Waals surface area contributed by atoms with Crippen molar-refractivity contribution in [2.75, 3.05) is 11.9 Å². The van der Waals surface area contributed by atoms with Crippen LogP contribution in [0.15, 0.2) is 49.2 Å². The van der Waals surface area contributed by atoms with Gasteiger partial charge in [0.2, 0.25) is 5.95 Å². The molecule has 5 aromatic heterocycles. The van der Waals surface area contributed by atoms with E-state index in [1.807, 2.05) is 18.2 Å². The first-order valence-electron chi connectivity index (χ1n) is 9.34. The highest BCUT2D eigenvalue weighted by Crippen LogP contribution is 2.35. The topological polar surface area (TPSA) is 110 Å². The molecule has 0 radical (unpaired) electrons. The van der Waals surface area contributed by atoms with E-state index in [4.69, 9.17) is 0 Å². The minimum atomic E-state index is -4.55. The summed E-state index contributed by atoms with van der Waals surface area (Å²) >= 11 is 0. The number of H-pyrrole nitrogens is 2. The highest BCUT2D eigenvalue weighted by molar-refractivity contribution is 5.94. The van der Waals surface area contributed by atoms with Crippen LogP contribution >= 0.6 is 0 Å². The Hall–Kier alpha value is -4.46. The fourth-order valence-electron chi connectivity index (χ4n) is 3.40. The maximum Gasteiger partial charge on any atom is 0.417 e. The second kappa shape index (κ2) is 7.05. The molecule has 0 fully saturated rings. The van der Waals surface area contributed by atoms with Gasteiger partial charge >= 0.3 is 6.18 Å². The summed E-state index contributed by atoms with van der Waals surface area (Å²) < 4.78 is 39.6. The lowest BCUT2D eigenvalue weighted by atomic mass is 10.1. The molecule has 32 heavy (non-hydrogen) atoms. The highest BCUT2D eigenvalue weighted by atomic mass is 19.4. The number of hydrogen-bond donors (Lipinski definition) is 2. The van der Waals surface area contributed by atoms with E-state index in [2.05, 4.69) is 29.9 Å². The van der Waals surface area contributed by atoms with Gasteiger partial charge in [-0.05, 0) is 18.2 Å². The SMILES string of the molecule is CN(c1cnc2[nH]ccc2c1)c1ncc(C#N)c(-c2c[nH]c3ncc(C(F)(F)F)cc23)n1. The van der Waals surface area contributed by atoms with Gasteiger partial charge in [-0.3, -0.25) is 0 Å². The molecule has 158 valence electrons. The molecule has 2 N–H and O–H groups in total. The molecule has 0 spiro atoms. The third-order valence-corrected chi connectivity index (χ3v) is 5.08. The van der Waals surface area contributed by atoms with Crippen molar-refractivity contribution in [2.24, 2.45) is 0 Å². The molecule has 0 saturated heterocycles. The van der Waals surface area contributed by atoms with Crippen molar-refractivity contribution in [3.8, 4) is 17.3 Å². The lowest BCUT2D eigenvalue weighted by molar-refractivity contribution is -0.137. The summed E-state index contributed by atoms with van der Waals surface area (Å²) in [6, 6.07) is 6.77. The number of alkyl halides is 3. The second-order valence-corrected chi connectivity index (χ2v) is 7.03. The molecule has 0 aliphatic heterocycles. The van der Waals surface area contributed by atoms with E-state index < -0.39 is 11.7 Å². The van der Waals surface area contributed by atoms with Crippen LogP contribution in [0.5, 0.6) is 0 Å². The van der Waals surface area contributed by atoms with Gasteiger partial charge in [-0.15, -0.1) is 0 Å². The van der Waals surface area contributed by atoms with Crippen molar-refractivity contribution in [1.29, 1.82) is 5.26 Å². The molecule has 5 aromatic rings. The highest BCUT2D eigenvalue weighted by Gasteiger charge is 2.31. The molecular formula is C21H13F3N8. The lowest BCUT2D eigenvalue weighted by Gasteiger charge is -2.17. The van der Waals surface area contributed by atoms with Crippen molar-refractivity contribution in [1.82, 2.24) is 29.9 Å². The van der Waals surface area contributed by atoms with E-state index in [1.54, 1.807) is 24.3 Å². The molecule has 0 unspecified atom stereocenters. The number of pyridine rings is 2. The Morgan fingerprint density at radius 2 is 1.84 bits per heavy atom. The number of nitrogens with zero attached hydrogens (tertiary/aromatic N) is 6. The van der Waals surface area contributed by atoms with E-state index in [9.17, 15) is 18.4 Å². The molecule has 5 heterocycles. The fourth-order valence-corrected chi connectivity index (χ4v) is 3.40. The normalized spacial score (nSPS) is 11.7. The molecule has 0 aliphatic carbocycles. The number of rotatable bonds is 3. The fraction of sp³-hybridized carbons (Fsp3) is 0.0952. The average Bonchev–Trinajstić information content (AvgIpc) is 3.43. The minimum absolute atomic E-state index is 0.125. The van der Waals surface area contributed by atoms with Gasteiger partial charge in [-0.25, -0.2) is 19.9 Å². The smallest absolute Gasteiger partial charge is 0.346 e. The number of nitriles is 1. The lowest BCUT2D eigenvalue weighted by Crippen LogP contribution is -2.14. The first-order valence-corrected chi connectivity index (χ1v) is 9.34. The van der Waals surface area contributed by atoms with E-state index in [0.29, 0.717) is 11.3 Å². The molecule has 8 nitrogen and oxygen atoms in total. The van der Waals surface area contributed by atoms with E-state index in [1.165, 1.54) is 12.4 Å². The van der Waals surface area contributed by atoms with Gasteiger partial charge in [0.15, 0.2) is 0 Å². The largest absolute Gasteiger partial charge is 0.417 e. The van der Waals surface area contributed by atoms with Crippen LogP contribution in [0.1, 0.15) is 11.1 Å². The maximum absolute atomic E-state index is 13.2. The zero-order valence-electron chi connectivity index (χ0n) is 16.4. The number of nitrogens with one attached hydrogen (secondary N) is 2. The Morgan fingerprint density at radius 1 is 1.03 bits per heavy atom. The zero-order chi connectivity index (χ0) is 22.5. The standard InChI is InChI=1S/C21H13F3N8/c1-32(14-4-11-2-3-26-18(11)28-9-14)20-30-7-12(6-25)17(31-20)16-10-29-19-15(16)5-13(8-27-19)21(22,23)24/h2-5,7-10H,1H3,(H,26,28)(H,27,29). The number of aromatic amines is 2. The van der Waals surface area contributed by atoms with Crippen LogP contribution in [-0.4, -0.2) is 37.0 Å². The van der Waals surface area contributed by atoms with Crippen molar-refractivity contribution in [3.63, 3.8) is 0 Å². The van der Waals surface area contributed by atoms with Gasteiger partial charge in [0.05, 0.1) is 34.9 Å². The Kier molecular flexibility index (Phi) is 4.30. The minimum Gasteiger partial charge on any atom is -0.346 e. The summed E-state index contributed by atoms with van der Waals surface area (Å²) in [6.07, 6.45) is 2.46. The summed E-state index contributed by atoms with van der Waals surface area (Å²) in [5, 5.41) is 10.7. The van der Waals surface area contributed by atoms with Crippen molar-refractivity contribution >= 4 is 33.7 Å². The average molecular weight is 434 g/mol. The van der Waals surface area contributed by atoms with Crippen molar-refractivity contribution < 1.29 is 13.2 Å². The van der Waals surface area contributed by atoms with E-state index >= 15 is 0 Å².